The third-order valence-corrected chi connectivity index (χ3v) is 2.98. The Balaban J connectivity index is 1.77. The average Bonchev–Trinajstić information content (AvgIpc) is 2.53. The van der Waals surface area contributed by atoms with Gasteiger partial charge in [-0.05, 0) is 18.2 Å². The highest BCUT2D eigenvalue weighted by atomic mass is 16.4. The molecule has 0 fully saturated rings. The number of rotatable bonds is 4. The van der Waals surface area contributed by atoms with Crippen LogP contribution in [-0.2, 0) is 6.54 Å². The molecular formula is C15H12N4O2. The average molecular weight is 280 g/mol. The summed E-state index contributed by atoms with van der Waals surface area (Å²) in [4.78, 5) is 23.6. The van der Waals surface area contributed by atoms with Crippen LogP contribution in [0.4, 0.5) is 5.95 Å². The molecule has 2 N–H and O–H groups in total. The molecular weight excluding hydrogens is 268 g/mol. The van der Waals surface area contributed by atoms with Crippen molar-refractivity contribution < 1.29 is 9.90 Å². The summed E-state index contributed by atoms with van der Waals surface area (Å²) in [5, 5.41) is 12.9. The number of aromatic carboxylic acids is 1. The fourth-order valence-electron chi connectivity index (χ4n) is 1.93. The summed E-state index contributed by atoms with van der Waals surface area (Å²) in [5.74, 6) is -0.489. The van der Waals surface area contributed by atoms with Crippen LogP contribution in [0.3, 0.4) is 0 Å². The largest absolute Gasteiger partial charge is 0.478 e. The Labute approximate surface area is 120 Å². The number of pyridine rings is 1. The van der Waals surface area contributed by atoms with E-state index in [1.165, 1.54) is 18.3 Å². The zero-order valence-corrected chi connectivity index (χ0v) is 11.0. The van der Waals surface area contributed by atoms with E-state index in [9.17, 15) is 4.79 Å². The lowest BCUT2D eigenvalue weighted by Crippen LogP contribution is -2.06. The van der Waals surface area contributed by atoms with Crippen LogP contribution in [-0.4, -0.2) is 26.0 Å². The van der Waals surface area contributed by atoms with Crippen LogP contribution in [0.5, 0.6) is 0 Å². The van der Waals surface area contributed by atoms with Gasteiger partial charge in [-0.25, -0.2) is 14.8 Å². The minimum Gasteiger partial charge on any atom is -0.478 e. The summed E-state index contributed by atoms with van der Waals surface area (Å²) in [6.45, 7) is 0.361. The van der Waals surface area contributed by atoms with E-state index in [-0.39, 0.29) is 5.56 Å². The molecule has 0 spiro atoms. The fourth-order valence-corrected chi connectivity index (χ4v) is 1.93. The van der Waals surface area contributed by atoms with E-state index < -0.39 is 5.97 Å². The van der Waals surface area contributed by atoms with Gasteiger partial charge in [-0.2, -0.15) is 0 Å². The van der Waals surface area contributed by atoms with Gasteiger partial charge in [0.1, 0.15) is 0 Å². The van der Waals surface area contributed by atoms with Crippen molar-refractivity contribution in [1.29, 1.82) is 0 Å². The lowest BCUT2D eigenvalue weighted by Gasteiger charge is -2.05. The molecule has 0 bridgehead atoms. The minimum absolute atomic E-state index is 0.209. The van der Waals surface area contributed by atoms with E-state index >= 15 is 0 Å². The fraction of sp³-hybridized carbons (Fsp3) is 0.0667. The molecule has 104 valence electrons. The van der Waals surface area contributed by atoms with Crippen LogP contribution >= 0.6 is 0 Å². The Morgan fingerprint density at radius 1 is 1.19 bits per heavy atom. The molecule has 21 heavy (non-hydrogen) atoms. The van der Waals surface area contributed by atoms with E-state index in [1.54, 1.807) is 6.20 Å². The summed E-state index contributed by atoms with van der Waals surface area (Å²) < 4.78 is 0. The smallest absolute Gasteiger partial charge is 0.335 e. The molecule has 1 aromatic carbocycles. The van der Waals surface area contributed by atoms with Gasteiger partial charge in [0.25, 0.3) is 0 Å². The van der Waals surface area contributed by atoms with Gasteiger partial charge < -0.3 is 10.4 Å². The molecule has 0 saturated heterocycles. The SMILES string of the molecule is O=C(O)c1ccnc(CNc2ncc3ccccc3n2)c1. The molecule has 2 heterocycles. The van der Waals surface area contributed by atoms with Crippen molar-refractivity contribution in [2.45, 2.75) is 6.54 Å². The summed E-state index contributed by atoms with van der Waals surface area (Å²) in [7, 11) is 0. The summed E-state index contributed by atoms with van der Waals surface area (Å²) >= 11 is 0. The maximum absolute atomic E-state index is 10.9. The number of carbonyl (C=O) groups is 1. The molecule has 0 aliphatic heterocycles. The third kappa shape index (κ3) is 2.94. The van der Waals surface area contributed by atoms with Crippen molar-refractivity contribution in [1.82, 2.24) is 15.0 Å². The first-order chi connectivity index (χ1) is 10.2. The molecule has 0 unspecified atom stereocenters. The van der Waals surface area contributed by atoms with Gasteiger partial charge in [0, 0.05) is 17.8 Å². The van der Waals surface area contributed by atoms with E-state index in [0.717, 1.165) is 10.9 Å². The first kappa shape index (κ1) is 13.0. The predicted molar refractivity (Wildman–Crippen MR) is 78.1 cm³/mol. The molecule has 0 atom stereocenters. The van der Waals surface area contributed by atoms with Crippen LogP contribution in [0.15, 0.2) is 48.8 Å². The topological polar surface area (TPSA) is 88.0 Å². The molecule has 6 nitrogen and oxygen atoms in total. The van der Waals surface area contributed by atoms with Gasteiger partial charge in [0.05, 0.1) is 23.3 Å². The minimum atomic E-state index is -0.972. The highest BCUT2D eigenvalue weighted by Gasteiger charge is 2.05. The first-order valence-electron chi connectivity index (χ1n) is 6.36. The number of nitrogens with zero attached hydrogens (tertiary/aromatic N) is 3. The van der Waals surface area contributed by atoms with E-state index in [2.05, 4.69) is 20.3 Å². The normalized spacial score (nSPS) is 10.5. The number of hydrogen-bond donors (Lipinski definition) is 2. The quantitative estimate of drug-likeness (QED) is 0.762. The zero-order chi connectivity index (χ0) is 14.7. The lowest BCUT2D eigenvalue weighted by molar-refractivity contribution is 0.0696. The number of fused-ring (bicyclic) bond motifs is 1. The Hall–Kier alpha value is -3.02. The number of nitrogens with one attached hydrogen (secondary N) is 1. The van der Waals surface area contributed by atoms with E-state index in [0.29, 0.717) is 18.2 Å². The number of carboxylic acid groups (broad SMARTS) is 1. The molecule has 0 aliphatic rings. The second-order valence-corrected chi connectivity index (χ2v) is 4.45. The standard InChI is InChI=1S/C15H12N4O2/c20-14(21)10-5-6-16-12(7-10)9-18-15-17-8-11-3-1-2-4-13(11)19-15/h1-8H,9H2,(H,20,21)(H,17,18,19). The molecule has 6 heteroatoms. The molecule has 3 aromatic rings. The molecule has 0 radical (unpaired) electrons. The Kier molecular flexibility index (Phi) is 3.42. The second-order valence-electron chi connectivity index (χ2n) is 4.45. The second kappa shape index (κ2) is 5.54. The van der Waals surface area contributed by atoms with Crippen LogP contribution in [0.1, 0.15) is 16.1 Å². The van der Waals surface area contributed by atoms with Gasteiger partial charge in [-0.15, -0.1) is 0 Å². The van der Waals surface area contributed by atoms with Crippen LogP contribution < -0.4 is 5.32 Å². The molecule has 3 rings (SSSR count). The van der Waals surface area contributed by atoms with Crippen molar-refractivity contribution >= 4 is 22.8 Å². The number of anilines is 1. The van der Waals surface area contributed by atoms with Gasteiger partial charge >= 0.3 is 5.97 Å². The Morgan fingerprint density at radius 2 is 2.05 bits per heavy atom. The van der Waals surface area contributed by atoms with Gasteiger partial charge in [0.2, 0.25) is 5.95 Å². The molecule has 0 saturated carbocycles. The van der Waals surface area contributed by atoms with Crippen LogP contribution in [0.2, 0.25) is 0 Å². The van der Waals surface area contributed by atoms with Crippen LogP contribution in [0.25, 0.3) is 10.9 Å². The predicted octanol–water partition coefficient (Wildman–Crippen LogP) is 2.34. The van der Waals surface area contributed by atoms with Gasteiger partial charge in [-0.3, -0.25) is 4.98 Å². The Bertz CT molecular complexity index is 804. The zero-order valence-electron chi connectivity index (χ0n) is 11.0. The number of carboxylic acids is 1. The number of benzene rings is 1. The summed E-state index contributed by atoms with van der Waals surface area (Å²) in [6.07, 6.45) is 3.22. The van der Waals surface area contributed by atoms with E-state index in [4.69, 9.17) is 5.11 Å². The first-order valence-corrected chi connectivity index (χ1v) is 6.36. The Morgan fingerprint density at radius 3 is 2.90 bits per heavy atom. The van der Waals surface area contributed by atoms with Crippen molar-refractivity contribution in [3.8, 4) is 0 Å². The number of hydrogen-bond acceptors (Lipinski definition) is 5. The summed E-state index contributed by atoms with van der Waals surface area (Å²) in [6, 6.07) is 10.7. The third-order valence-electron chi connectivity index (χ3n) is 2.98. The lowest BCUT2D eigenvalue weighted by atomic mass is 10.2. The molecule has 2 aromatic heterocycles. The highest BCUT2D eigenvalue weighted by molar-refractivity contribution is 5.87. The maximum atomic E-state index is 10.9. The monoisotopic (exact) mass is 280 g/mol. The van der Waals surface area contributed by atoms with Crippen molar-refractivity contribution in [2.75, 3.05) is 5.32 Å². The van der Waals surface area contributed by atoms with Crippen molar-refractivity contribution in [3.63, 3.8) is 0 Å². The molecule has 0 amide bonds. The number of aromatic nitrogens is 3. The highest BCUT2D eigenvalue weighted by Crippen LogP contribution is 2.12. The van der Waals surface area contributed by atoms with Gasteiger partial charge in [-0.1, -0.05) is 18.2 Å². The maximum Gasteiger partial charge on any atom is 0.335 e. The summed E-state index contributed by atoms with van der Waals surface area (Å²) in [5.41, 5.74) is 1.68. The van der Waals surface area contributed by atoms with E-state index in [1.807, 2.05) is 24.3 Å². The van der Waals surface area contributed by atoms with Gasteiger partial charge in [0.15, 0.2) is 0 Å². The van der Waals surface area contributed by atoms with Crippen molar-refractivity contribution in [3.05, 3.63) is 60.0 Å². The molecule has 0 aliphatic carbocycles. The number of para-hydroxylation sites is 1. The van der Waals surface area contributed by atoms with Crippen molar-refractivity contribution in [2.24, 2.45) is 0 Å². The van der Waals surface area contributed by atoms with Crippen LogP contribution in [0, 0.1) is 0 Å².